The third-order valence-electron chi connectivity index (χ3n) is 2.87. The molecule has 4 nitrogen and oxygen atoms in total. The number of nitrogens with zero attached hydrogens (tertiary/aromatic N) is 1. The maximum Gasteiger partial charge on any atom is 0.333 e. The monoisotopic (exact) mass is 375 g/mol. The van der Waals surface area contributed by atoms with E-state index in [0.29, 0.717) is 25.0 Å². The summed E-state index contributed by atoms with van der Waals surface area (Å²) in [6.07, 6.45) is 1.77. The molecular formula is C14H14INO3. The minimum absolute atomic E-state index is 0.201. The molecule has 0 aromatic heterocycles. The minimum Gasteiger partial charge on any atom is -0.334 e. The summed E-state index contributed by atoms with van der Waals surface area (Å²) in [5, 5.41) is 1.02. The van der Waals surface area contributed by atoms with Gasteiger partial charge in [0.1, 0.15) is 0 Å². The quantitative estimate of drug-likeness (QED) is 0.761. The topological polar surface area (TPSA) is 46.6 Å². The van der Waals surface area contributed by atoms with Crippen LogP contribution in [0.2, 0.25) is 0 Å². The van der Waals surface area contributed by atoms with Gasteiger partial charge in [-0.15, -0.1) is 5.06 Å². The van der Waals surface area contributed by atoms with Crippen molar-refractivity contribution in [3.8, 4) is 0 Å². The number of carbonyl (C=O) groups is 2. The van der Waals surface area contributed by atoms with Crippen molar-refractivity contribution < 1.29 is 14.4 Å². The van der Waals surface area contributed by atoms with E-state index >= 15 is 0 Å². The zero-order chi connectivity index (χ0) is 13.8. The number of halogens is 1. The second-order valence-electron chi connectivity index (χ2n) is 4.34. The average molecular weight is 375 g/mol. The van der Waals surface area contributed by atoms with Crippen molar-refractivity contribution in [2.75, 3.05) is 0 Å². The highest BCUT2D eigenvalue weighted by Crippen LogP contribution is 2.21. The van der Waals surface area contributed by atoms with Gasteiger partial charge in [0.25, 0.3) is 5.91 Å². The highest BCUT2D eigenvalue weighted by molar-refractivity contribution is 14.1. The Balaban J connectivity index is 1.83. The van der Waals surface area contributed by atoms with Gasteiger partial charge in [-0.1, -0.05) is 18.7 Å². The Kier molecular flexibility index (Phi) is 4.57. The van der Waals surface area contributed by atoms with E-state index in [0.717, 1.165) is 14.2 Å². The van der Waals surface area contributed by atoms with Crippen LogP contribution in [0.25, 0.3) is 0 Å². The number of hydrogen-bond acceptors (Lipinski definition) is 3. The van der Waals surface area contributed by atoms with Crippen LogP contribution in [0, 0.1) is 3.57 Å². The highest BCUT2D eigenvalue weighted by atomic mass is 131. The normalized spacial score (nSPS) is 14.9. The van der Waals surface area contributed by atoms with Crippen LogP contribution < -0.4 is 0 Å². The lowest BCUT2D eigenvalue weighted by Gasteiger charge is -2.15. The molecule has 2 rings (SSSR count). The van der Waals surface area contributed by atoms with Gasteiger partial charge in [-0.2, -0.15) is 0 Å². The molecule has 5 heteroatoms. The largest absolute Gasteiger partial charge is 0.334 e. The summed E-state index contributed by atoms with van der Waals surface area (Å²) in [6, 6.07) is 7.95. The molecule has 0 radical (unpaired) electrons. The molecule has 19 heavy (non-hydrogen) atoms. The average Bonchev–Trinajstić information content (AvgIpc) is 2.70. The Labute approximate surface area is 125 Å². The van der Waals surface area contributed by atoms with Crippen LogP contribution in [0.15, 0.2) is 36.5 Å². The molecule has 1 aromatic rings. The Bertz CT molecular complexity index is 494. The molecule has 100 valence electrons. The predicted molar refractivity (Wildman–Crippen MR) is 78.8 cm³/mol. The van der Waals surface area contributed by atoms with Crippen molar-refractivity contribution in [2.24, 2.45) is 0 Å². The molecule has 1 saturated heterocycles. The van der Waals surface area contributed by atoms with E-state index in [9.17, 15) is 9.59 Å². The smallest absolute Gasteiger partial charge is 0.333 e. The van der Waals surface area contributed by atoms with Crippen molar-refractivity contribution in [3.05, 3.63) is 45.7 Å². The van der Waals surface area contributed by atoms with Crippen LogP contribution in [0.3, 0.4) is 0 Å². The number of rotatable bonds is 4. The third-order valence-corrected chi connectivity index (χ3v) is 3.58. The van der Waals surface area contributed by atoms with Crippen LogP contribution >= 0.6 is 22.6 Å². The first kappa shape index (κ1) is 14.0. The summed E-state index contributed by atoms with van der Waals surface area (Å²) in [6.45, 7) is 3.69. The number of benzene rings is 1. The SMILES string of the molecule is C=C1CCC(=O)N1OC(=O)CCc1ccc([131I])cc1. The van der Waals surface area contributed by atoms with E-state index in [-0.39, 0.29) is 12.3 Å². The summed E-state index contributed by atoms with van der Waals surface area (Å²) in [5.74, 6) is -0.609. The highest BCUT2D eigenvalue weighted by Gasteiger charge is 2.27. The van der Waals surface area contributed by atoms with Crippen LogP contribution in [0.4, 0.5) is 0 Å². The van der Waals surface area contributed by atoms with E-state index in [1.807, 2.05) is 24.3 Å². The summed E-state index contributed by atoms with van der Waals surface area (Å²) < 4.78 is 1.16. The fourth-order valence-corrected chi connectivity index (χ4v) is 2.15. The second kappa shape index (κ2) is 6.18. The molecule has 0 saturated carbocycles. The van der Waals surface area contributed by atoms with E-state index in [1.54, 1.807) is 0 Å². The van der Waals surface area contributed by atoms with Crippen LogP contribution in [-0.4, -0.2) is 16.9 Å². The van der Waals surface area contributed by atoms with E-state index in [4.69, 9.17) is 4.84 Å². The molecule has 0 spiro atoms. The van der Waals surface area contributed by atoms with Gasteiger partial charge in [0.2, 0.25) is 0 Å². The first-order valence-corrected chi connectivity index (χ1v) is 7.10. The first-order chi connectivity index (χ1) is 9.06. The molecule has 1 aromatic carbocycles. The van der Waals surface area contributed by atoms with Gasteiger partial charge in [0.05, 0.1) is 12.1 Å². The van der Waals surface area contributed by atoms with Gasteiger partial charge in [-0.3, -0.25) is 4.79 Å². The molecule has 0 bridgehead atoms. The molecule has 1 heterocycles. The zero-order valence-electron chi connectivity index (χ0n) is 10.4. The van der Waals surface area contributed by atoms with Crippen molar-refractivity contribution in [1.82, 2.24) is 5.06 Å². The molecule has 0 N–H and O–H groups in total. The van der Waals surface area contributed by atoms with Gasteiger partial charge >= 0.3 is 5.97 Å². The summed E-state index contributed by atoms with van der Waals surface area (Å²) in [4.78, 5) is 28.1. The fraction of sp³-hybridized carbons (Fsp3) is 0.286. The van der Waals surface area contributed by atoms with E-state index < -0.39 is 5.97 Å². The number of allylic oxidation sites excluding steroid dienone is 1. The maximum atomic E-state index is 11.7. The van der Waals surface area contributed by atoms with E-state index in [1.165, 1.54) is 0 Å². The van der Waals surface area contributed by atoms with Gasteiger partial charge in [0, 0.05) is 9.99 Å². The van der Waals surface area contributed by atoms with Crippen molar-refractivity contribution >= 4 is 34.5 Å². The van der Waals surface area contributed by atoms with Crippen molar-refractivity contribution in [3.63, 3.8) is 0 Å². The molecule has 1 fully saturated rings. The Morgan fingerprint density at radius 3 is 2.58 bits per heavy atom. The van der Waals surface area contributed by atoms with E-state index in [2.05, 4.69) is 29.2 Å². The van der Waals surface area contributed by atoms with Crippen molar-refractivity contribution in [1.29, 1.82) is 0 Å². The van der Waals surface area contributed by atoms with Crippen molar-refractivity contribution in [2.45, 2.75) is 25.7 Å². The van der Waals surface area contributed by atoms with Crippen LogP contribution in [-0.2, 0) is 20.8 Å². The summed E-state index contributed by atoms with van der Waals surface area (Å²) in [7, 11) is 0. The second-order valence-corrected chi connectivity index (χ2v) is 5.59. The molecule has 1 aliphatic rings. The van der Waals surface area contributed by atoms with Gasteiger partial charge < -0.3 is 4.84 Å². The number of hydroxylamine groups is 2. The summed E-state index contributed by atoms with van der Waals surface area (Å²) in [5.41, 5.74) is 1.62. The predicted octanol–water partition coefficient (Wildman–Crippen LogP) is 2.82. The summed E-state index contributed by atoms with van der Waals surface area (Å²) >= 11 is 2.23. The Morgan fingerprint density at radius 1 is 1.32 bits per heavy atom. The standard InChI is InChI=1S/C14H14INO3/c1-10-2-8-13(17)16(10)19-14(18)9-5-11-3-6-12(15)7-4-11/h3-4,6-7H,1-2,5,8-9H2/i15+4. The lowest BCUT2D eigenvalue weighted by molar-refractivity contribution is -0.186. The van der Waals surface area contributed by atoms with Gasteiger partial charge in [-0.05, 0) is 53.1 Å². The first-order valence-electron chi connectivity index (χ1n) is 6.02. The van der Waals surface area contributed by atoms with Gasteiger partial charge in [0.15, 0.2) is 0 Å². The molecule has 0 unspecified atom stereocenters. The molecule has 1 aliphatic heterocycles. The minimum atomic E-state index is -0.407. The zero-order valence-corrected chi connectivity index (χ0v) is 12.6. The lowest BCUT2D eigenvalue weighted by atomic mass is 10.1. The number of carbonyl (C=O) groups excluding carboxylic acids is 2. The maximum absolute atomic E-state index is 11.7. The number of hydrogen-bond donors (Lipinski definition) is 0. The Morgan fingerprint density at radius 2 is 2.00 bits per heavy atom. The lowest BCUT2D eigenvalue weighted by Crippen LogP contribution is -2.27. The molecule has 0 atom stereocenters. The third kappa shape index (κ3) is 3.79. The number of amides is 1. The fourth-order valence-electron chi connectivity index (χ4n) is 1.79. The Hall–Kier alpha value is -1.37. The van der Waals surface area contributed by atoms with Gasteiger partial charge in [-0.25, -0.2) is 4.79 Å². The number of aryl methyl sites for hydroxylation is 1. The van der Waals surface area contributed by atoms with Crippen LogP contribution in [0.1, 0.15) is 24.8 Å². The van der Waals surface area contributed by atoms with Crippen LogP contribution in [0.5, 0.6) is 0 Å². The molecular weight excluding hydrogens is 361 g/mol. The molecule has 1 amide bonds. The molecule has 0 aliphatic carbocycles.